The van der Waals surface area contributed by atoms with Gasteiger partial charge in [0.2, 0.25) is 5.91 Å². The molecule has 0 bridgehead atoms. The number of morpholine rings is 1. The molecule has 2 aromatic heterocycles. The standard InChI is InChI=1S/C16H20N4O2/c1-11-14(12(2)19-18-11)9-16(21)20-7-8-22-15(10-20)13-3-5-17-6-4-13/h3-6,15H,7-10H2,1-2H3,(H,18,19)/t15-/m0/s1. The Kier molecular flexibility index (Phi) is 4.20. The number of H-pyrrole nitrogens is 1. The molecule has 6 heteroatoms. The van der Waals surface area contributed by atoms with E-state index >= 15 is 0 Å². The van der Waals surface area contributed by atoms with E-state index in [0.717, 1.165) is 22.5 Å². The molecule has 0 unspecified atom stereocenters. The molecule has 0 saturated carbocycles. The molecule has 1 aliphatic rings. The summed E-state index contributed by atoms with van der Waals surface area (Å²) in [6, 6.07) is 3.87. The Labute approximate surface area is 129 Å². The zero-order valence-electron chi connectivity index (χ0n) is 12.9. The SMILES string of the molecule is Cc1n[nH]c(C)c1CC(=O)N1CCO[C@H](c2ccncc2)C1. The molecule has 1 N–H and O–H groups in total. The van der Waals surface area contributed by atoms with Crippen LogP contribution >= 0.6 is 0 Å². The molecule has 2 aromatic rings. The van der Waals surface area contributed by atoms with Crippen LogP contribution in [0, 0.1) is 13.8 Å². The van der Waals surface area contributed by atoms with Crippen molar-refractivity contribution in [3.63, 3.8) is 0 Å². The molecule has 1 fully saturated rings. The summed E-state index contributed by atoms with van der Waals surface area (Å²) in [4.78, 5) is 18.5. The van der Waals surface area contributed by atoms with Gasteiger partial charge in [0, 0.05) is 30.2 Å². The lowest BCUT2D eigenvalue weighted by molar-refractivity contribution is -0.138. The average molecular weight is 300 g/mol. The van der Waals surface area contributed by atoms with E-state index in [9.17, 15) is 4.79 Å². The summed E-state index contributed by atoms with van der Waals surface area (Å²) in [5, 5.41) is 7.08. The van der Waals surface area contributed by atoms with Gasteiger partial charge in [-0.3, -0.25) is 14.9 Å². The van der Waals surface area contributed by atoms with Crippen molar-refractivity contribution in [2.45, 2.75) is 26.4 Å². The minimum absolute atomic E-state index is 0.0766. The summed E-state index contributed by atoms with van der Waals surface area (Å²) in [5.74, 6) is 0.120. The third-order valence-electron chi connectivity index (χ3n) is 4.11. The largest absolute Gasteiger partial charge is 0.370 e. The number of aromatic amines is 1. The van der Waals surface area contributed by atoms with Crippen molar-refractivity contribution < 1.29 is 9.53 Å². The van der Waals surface area contributed by atoms with Crippen molar-refractivity contribution in [1.82, 2.24) is 20.1 Å². The van der Waals surface area contributed by atoms with E-state index < -0.39 is 0 Å². The van der Waals surface area contributed by atoms with Crippen LogP contribution in [0.25, 0.3) is 0 Å². The molecule has 0 aromatic carbocycles. The summed E-state index contributed by atoms with van der Waals surface area (Å²) >= 11 is 0. The number of hydrogen-bond donors (Lipinski definition) is 1. The molecule has 0 radical (unpaired) electrons. The predicted octanol–water partition coefficient (Wildman–Crippen LogP) is 1.56. The summed E-state index contributed by atoms with van der Waals surface area (Å²) in [6.45, 7) is 5.64. The normalized spacial score (nSPS) is 18.5. The molecule has 0 aliphatic carbocycles. The van der Waals surface area contributed by atoms with Crippen LogP contribution in [-0.4, -0.2) is 45.7 Å². The lowest BCUT2D eigenvalue weighted by atomic mass is 10.1. The number of aryl methyl sites for hydroxylation is 2. The summed E-state index contributed by atoms with van der Waals surface area (Å²) < 4.78 is 5.79. The van der Waals surface area contributed by atoms with Gasteiger partial charge in [0.15, 0.2) is 0 Å². The monoisotopic (exact) mass is 300 g/mol. The van der Waals surface area contributed by atoms with Gasteiger partial charge in [-0.05, 0) is 31.5 Å². The van der Waals surface area contributed by atoms with Gasteiger partial charge in [-0.15, -0.1) is 0 Å². The van der Waals surface area contributed by atoms with Crippen molar-refractivity contribution in [3.05, 3.63) is 47.0 Å². The van der Waals surface area contributed by atoms with Gasteiger partial charge >= 0.3 is 0 Å². The third kappa shape index (κ3) is 3.01. The van der Waals surface area contributed by atoms with Gasteiger partial charge in [0.05, 0.1) is 25.3 Å². The first-order chi connectivity index (χ1) is 10.6. The molecule has 1 aliphatic heterocycles. The van der Waals surface area contributed by atoms with Gasteiger partial charge in [0.25, 0.3) is 0 Å². The number of pyridine rings is 1. The van der Waals surface area contributed by atoms with Gasteiger partial charge in [-0.2, -0.15) is 5.10 Å². The van der Waals surface area contributed by atoms with E-state index in [4.69, 9.17) is 4.74 Å². The van der Waals surface area contributed by atoms with E-state index in [1.54, 1.807) is 12.4 Å². The van der Waals surface area contributed by atoms with Crippen molar-refractivity contribution in [2.75, 3.05) is 19.7 Å². The van der Waals surface area contributed by atoms with Gasteiger partial charge in [-0.25, -0.2) is 0 Å². The molecule has 1 saturated heterocycles. The van der Waals surface area contributed by atoms with Gasteiger partial charge in [0.1, 0.15) is 6.10 Å². The number of carbonyl (C=O) groups excluding carboxylic acids is 1. The summed E-state index contributed by atoms with van der Waals surface area (Å²) in [5.41, 5.74) is 3.91. The Morgan fingerprint density at radius 2 is 2.18 bits per heavy atom. The minimum atomic E-state index is -0.0766. The number of carbonyl (C=O) groups is 1. The van der Waals surface area contributed by atoms with E-state index in [1.807, 2.05) is 30.9 Å². The highest BCUT2D eigenvalue weighted by Gasteiger charge is 2.26. The molecular formula is C16H20N4O2. The highest BCUT2D eigenvalue weighted by molar-refractivity contribution is 5.79. The maximum atomic E-state index is 12.6. The fourth-order valence-electron chi connectivity index (χ4n) is 2.75. The van der Waals surface area contributed by atoms with E-state index in [0.29, 0.717) is 26.1 Å². The van der Waals surface area contributed by atoms with Crippen LogP contribution in [0.2, 0.25) is 0 Å². The number of ether oxygens (including phenoxy) is 1. The van der Waals surface area contributed by atoms with Crippen LogP contribution in [-0.2, 0) is 16.0 Å². The molecule has 3 heterocycles. The van der Waals surface area contributed by atoms with Gasteiger partial charge < -0.3 is 9.64 Å². The molecule has 1 atom stereocenters. The molecule has 22 heavy (non-hydrogen) atoms. The Bertz CT molecular complexity index is 634. The van der Waals surface area contributed by atoms with Crippen molar-refractivity contribution in [1.29, 1.82) is 0 Å². The summed E-state index contributed by atoms with van der Waals surface area (Å²) in [7, 11) is 0. The van der Waals surface area contributed by atoms with Crippen LogP contribution in [0.1, 0.15) is 28.6 Å². The smallest absolute Gasteiger partial charge is 0.227 e. The van der Waals surface area contributed by atoms with Crippen LogP contribution < -0.4 is 0 Å². The third-order valence-corrected chi connectivity index (χ3v) is 4.11. The predicted molar refractivity (Wildman–Crippen MR) is 81.3 cm³/mol. The minimum Gasteiger partial charge on any atom is -0.370 e. The van der Waals surface area contributed by atoms with E-state index in [2.05, 4.69) is 15.2 Å². The molecule has 116 valence electrons. The maximum absolute atomic E-state index is 12.6. The lowest BCUT2D eigenvalue weighted by Gasteiger charge is -2.33. The molecule has 0 spiro atoms. The van der Waals surface area contributed by atoms with E-state index in [1.165, 1.54) is 0 Å². The highest BCUT2D eigenvalue weighted by atomic mass is 16.5. The fraction of sp³-hybridized carbons (Fsp3) is 0.438. The average Bonchev–Trinajstić information content (AvgIpc) is 2.88. The Hall–Kier alpha value is -2.21. The number of nitrogens with one attached hydrogen (secondary N) is 1. The Balaban J connectivity index is 1.68. The van der Waals surface area contributed by atoms with Gasteiger partial charge in [-0.1, -0.05) is 0 Å². The second kappa shape index (κ2) is 6.27. The fourth-order valence-corrected chi connectivity index (χ4v) is 2.75. The van der Waals surface area contributed by atoms with Crippen molar-refractivity contribution in [2.24, 2.45) is 0 Å². The maximum Gasteiger partial charge on any atom is 0.227 e. The first-order valence-corrected chi connectivity index (χ1v) is 7.45. The lowest BCUT2D eigenvalue weighted by Crippen LogP contribution is -2.43. The first-order valence-electron chi connectivity index (χ1n) is 7.45. The topological polar surface area (TPSA) is 71.1 Å². The number of aromatic nitrogens is 3. The quantitative estimate of drug-likeness (QED) is 0.934. The number of amides is 1. The zero-order valence-corrected chi connectivity index (χ0v) is 12.9. The number of nitrogens with zero attached hydrogens (tertiary/aromatic N) is 3. The molecule has 1 amide bonds. The van der Waals surface area contributed by atoms with Crippen LogP contribution in [0.4, 0.5) is 0 Å². The Morgan fingerprint density at radius 3 is 2.86 bits per heavy atom. The van der Waals surface area contributed by atoms with Crippen LogP contribution in [0.3, 0.4) is 0 Å². The first kappa shape index (κ1) is 14.7. The van der Waals surface area contributed by atoms with Crippen LogP contribution in [0.15, 0.2) is 24.5 Å². The number of hydrogen-bond acceptors (Lipinski definition) is 4. The second-order valence-corrected chi connectivity index (χ2v) is 5.57. The van der Waals surface area contributed by atoms with Crippen LogP contribution in [0.5, 0.6) is 0 Å². The number of rotatable bonds is 3. The van der Waals surface area contributed by atoms with Crippen molar-refractivity contribution >= 4 is 5.91 Å². The molecule has 6 nitrogen and oxygen atoms in total. The Morgan fingerprint density at radius 1 is 1.41 bits per heavy atom. The summed E-state index contributed by atoms with van der Waals surface area (Å²) in [6.07, 6.45) is 3.80. The van der Waals surface area contributed by atoms with E-state index in [-0.39, 0.29) is 12.0 Å². The molecule has 3 rings (SSSR count). The highest BCUT2D eigenvalue weighted by Crippen LogP contribution is 2.22. The zero-order chi connectivity index (χ0) is 15.5. The second-order valence-electron chi connectivity index (χ2n) is 5.57. The molecular weight excluding hydrogens is 280 g/mol. The van der Waals surface area contributed by atoms with Crippen molar-refractivity contribution in [3.8, 4) is 0 Å².